The highest BCUT2D eigenvalue weighted by atomic mass is 16.5. The molecule has 9 nitrogen and oxygen atoms in total. The highest BCUT2D eigenvalue weighted by molar-refractivity contribution is 5.95. The molecule has 2 amide bonds. The van der Waals surface area contributed by atoms with Crippen LogP contribution in [0.15, 0.2) is 65.8 Å². The van der Waals surface area contributed by atoms with Gasteiger partial charge in [-0.3, -0.25) is 14.7 Å². The Hall–Kier alpha value is -4.14. The molecule has 0 bridgehead atoms. The maximum Gasteiger partial charge on any atom is 0.269 e. The van der Waals surface area contributed by atoms with E-state index in [1.54, 1.807) is 17.0 Å². The number of amides is 2. The fraction of sp³-hybridized carbons (Fsp3) is 0.250. The predicted octanol–water partition coefficient (Wildman–Crippen LogP) is 2.68. The van der Waals surface area contributed by atoms with Crippen molar-refractivity contribution in [1.82, 2.24) is 20.4 Å². The van der Waals surface area contributed by atoms with Gasteiger partial charge in [-0.2, -0.15) is 5.10 Å². The second-order valence-corrected chi connectivity index (χ2v) is 7.70. The van der Waals surface area contributed by atoms with Gasteiger partial charge in [-0.05, 0) is 18.2 Å². The minimum absolute atomic E-state index is 0.0433. The number of hydrogen-bond acceptors (Lipinski definition) is 6. The minimum Gasteiger partial charge on any atom is -0.490 e. The molecule has 0 aliphatic carbocycles. The Bertz CT molecular complexity index is 1120. The molecule has 2 heterocycles. The molecule has 3 aromatic rings. The van der Waals surface area contributed by atoms with E-state index in [0.29, 0.717) is 48.6 Å². The van der Waals surface area contributed by atoms with E-state index in [1.165, 1.54) is 6.21 Å². The maximum absolute atomic E-state index is 12.6. The van der Waals surface area contributed by atoms with Gasteiger partial charge in [0.25, 0.3) is 5.91 Å². The fourth-order valence-corrected chi connectivity index (χ4v) is 3.72. The summed E-state index contributed by atoms with van der Waals surface area (Å²) in [7, 11) is 0. The smallest absolute Gasteiger partial charge is 0.269 e. The van der Waals surface area contributed by atoms with Crippen molar-refractivity contribution in [3.63, 3.8) is 0 Å². The van der Waals surface area contributed by atoms with Crippen LogP contribution in [0.4, 0.5) is 0 Å². The van der Waals surface area contributed by atoms with Crippen LogP contribution in [0.1, 0.15) is 28.9 Å². The zero-order valence-corrected chi connectivity index (χ0v) is 18.0. The molecule has 1 aliphatic heterocycles. The molecular weight excluding hydrogens is 422 g/mol. The molecule has 2 aromatic carbocycles. The van der Waals surface area contributed by atoms with Crippen LogP contribution in [0.25, 0.3) is 11.3 Å². The third kappa shape index (κ3) is 5.57. The number of carbonyl (C=O) groups excluding carboxylic acids is 2. The third-order valence-corrected chi connectivity index (χ3v) is 5.50. The lowest BCUT2D eigenvalue weighted by Crippen LogP contribution is -2.46. The van der Waals surface area contributed by atoms with Crippen molar-refractivity contribution in [2.24, 2.45) is 5.16 Å². The molecule has 0 spiro atoms. The summed E-state index contributed by atoms with van der Waals surface area (Å²) in [6.07, 6.45) is 2.63. The highest BCUT2D eigenvalue weighted by Crippen LogP contribution is 2.22. The Balaban J connectivity index is 1.24. The van der Waals surface area contributed by atoms with Gasteiger partial charge in [0.05, 0.1) is 18.5 Å². The number of likely N-dealkylation sites (tertiary alicyclic amines) is 1. The standard InChI is InChI=1S/C24H25N5O4/c30-23(16-25-24(31)21-14-20(27-28-21)17-6-2-1-3-7-17)29-12-10-19(11-13-29)33-22-9-5-4-8-18(22)15-26-32/h1-9,14-15,19,32H,10-13,16H2,(H,25,31)(H,27,28)/b26-15+. The summed E-state index contributed by atoms with van der Waals surface area (Å²) in [6, 6.07) is 18.5. The molecule has 3 N–H and O–H groups in total. The Kier molecular flexibility index (Phi) is 6.99. The summed E-state index contributed by atoms with van der Waals surface area (Å²) in [4.78, 5) is 26.7. The number of oxime groups is 1. The number of benzene rings is 2. The Morgan fingerprint density at radius 1 is 1.15 bits per heavy atom. The van der Waals surface area contributed by atoms with Crippen molar-refractivity contribution in [2.75, 3.05) is 19.6 Å². The summed E-state index contributed by atoms with van der Waals surface area (Å²) in [5.41, 5.74) is 2.57. The van der Waals surface area contributed by atoms with E-state index in [1.807, 2.05) is 48.5 Å². The van der Waals surface area contributed by atoms with Crippen molar-refractivity contribution in [2.45, 2.75) is 18.9 Å². The van der Waals surface area contributed by atoms with Gasteiger partial charge in [0.1, 0.15) is 17.5 Å². The summed E-state index contributed by atoms with van der Waals surface area (Å²) >= 11 is 0. The van der Waals surface area contributed by atoms with E-state index in [9.17, 15) is 9.59 Å². The summed E-state index contributed by atoms with van der Waals surface area (Å²) in [5.74, 6) is 0.123. The molecule has 33 heavy (non-hydrogen) atoms. The predicted molar refractivity (Wildman–Crippen MR) is 122 cm³/mol. The quantitative estimate of drug-likeness (QED) is 0.292. The molecule has 0 saturated carbocycles. The molecule has 1 saturated heterocycles. The van der Waals surface area contributed by atoms with Crippen molar-refractivity contribution < 1.29 is 19.5 Å². The lowest BCUT2D eigenvalue weighted by Gasteiger charge is -2.32. The van der Waals surface area contributed by atoms with Crippen LogP contribution in [0, 0.1) is 0 Å². The van der Waals surface area contributed by atoms with E-state index in [-0.39, 0.29) is 24.5 Å². The van der Waals surface area contributed by atoms with Gasteiger partial charge in [0.15, 0.2) is 0 Å². The number of piperidine rings is 1. The molecule has 9 heteroatoms. The Morgan fingerprint density at radius 2 is 1.88 bits per heavy atom. The Morgan fingerprint density at radius 3 is 2.64 bits per heavy atom. The number of carbonyl (C=O) groups is 2. The summed E-state index contributed by atoms with van der Waals surface area (Å²) < 4.78 is 6.04. The number of hydrogen-bond donors (Lipinski definition) is 3. The first-order chi connectivity index (χ1) is 16.1. The largest absolute Gasteiger partial charge is 0.490 e. The lowest BCUT2D eigenvalue weighted by molar-refractivity contribution is -0.131. The molecule has 1 fully saturated rings. The van der Waals surface area contributed by atoms with E-state index in [0.717, 1.165) is 5.56 Å². The molecule has 4 rings (SSSR count). The van der Waals surface area contributed by atoms with Gasteiger partial charge in [0, 0.05) is 37.1 Å². The van der Waals surface area contributed by atoms with Crippen LogP contribution < -0.4 is 10.1 Å². The van der Waals surface area contributed by atoms with Crippen molar-refractivity contribution in [1.29, 1.82) is 0 Å². The van der Waals surface area contributed by atoms with Crippen molar-refractivity contribution in [3.05, 3.63) is 71.9 Å². The van der Waals surface area contributed by atoms with E-state index < -0.39 is 0 Å². The zero-order valence-electron chi connectivity index (χ0n) is 18.0. The van der Waals surface area contributed by atoms with Crippen LogP contribution in [-0.2, 0) is 4.79 Å². The minimum atomic E-state index is -0.376. The second-order valence-electron chi connectivity index (χ2n) is 7.70. The first kappa shape index (κ1) is 22.1. The van der Waals surface area contributed by atoms with Crippen LogP contribution >= 0.6 is 0 Å². The van der Waals surface area contributed by atoms with Gasteiger partial charge >= 0.3 is 0 Å². The zero-order chi connectivity index (χ0) is 23.0. The molecule has 1 aromatic heterocycles. The van der Waals surface area contributed by atoms with E-state index in [2.05, 4.69) is 20.7 Å². The molecular formula is C24H25N5O4. The first-order valence-corrected chi connectivity index (χ1v) is 10.7. The SMILES string of the molecule is O=C(NCC(=O)N1CCC(Oc2ccccc2/C=N/O)CC1)c1cc(-c2ccccc2)n[nH]1. The first-order valence-electron chi connectivity index (χ1n) is 10.7. The molecule has 0 unspecified atom stereocenters. The Labute approximate surface area is 191 Å². The van der Waals surface area contributed by atoms with Gasteiger partial charge in [0.2, 0.25) is 5.91 Å². The van der Waals surface area contributed by atoms with Crippen molar-refractivity contribution >= 4 is 18.0 Å². The van der Waals surface area contributed by atoms with Gasteiger partial charge in [-0.15, -0.1) is 0 Å². The van der Waals surface area contributed by atoms with Gasteiger partial charge in [-0.25, -0.2) is 0 Å². The number of aromatic amines is 1. The average Bonchev–Trinajstić information content (AvgIpc) is 3.35. The monoisotopic (exact) mass is 447 g/mol. The number of rotatable bonds is 7. The number of nitrogens with zero attached hydrogens (tertiary/aromatic N) is 3. The van der Waals surface area contributed by atoms with Crippen LogP contribution in [0.5, 0.6) is 5.75 Å². The topological polar surface area (TPSA) is 120 Å². The number of aromatic nitrogens is 2. The summed E-state index contributed by atoms with van der Waals surface area (Å²) in [6.45, 7) is 0.996. The number of para-hydroxylation sites is 1. The highest BCUT2D eigenvalue weighted by Gasteiger charge is 2.25. The molecule has 0 atom stereocenters. The number of nitrogens with one attached hydrogen (secondary N) is 2. The van der Waals surface area contributed by atoms with E-state index >= 15 is 0 Å². The van der Waals surface area contributed by atoms with Gasteiger partial charge in [-0.1, -0.05) is 47.6 Å². The lowest BCUT2D eigenvalue weighted by atomic mass is 10.1. The number of ether oxygens (including phenoxy) is 1. The maximum atomic E-state index is 12.6. The van der Waals surface area contributed by atoms with Gasteiger partial charge < -0.3 is 20.2 Å². The second kappa shape index (κ2) is 10.4. The van der Waals surface area contributed by atoms with Crippen LogP contribution in [-0.4, -0.2) is 64.1 Å². The third-order valence-electron chi connectivity index (χ3n) is 5.50. The fourth-order valence-electron chi connectivity index (χ4n) is 3.72. The summed E-state index contributed by atoms with van der Waals surface area (Å²) in [5, 5.41) is 21.4. The normalized spacial score (nSPS) is 14.4. The average molecular weight is 447 g/mol. The molecule has 170 valence electrons. The van der Waals surface area contributed by atoms with Crippen molar-refractivity contribution in [3.8, 4) is 17.0 Å². The molecule has 0 radical (unpaired) electrons. The van der Waals surface area contributed by atoms with E-state index in [4.69, 9.17) is 9.94 Å². The van der Waals surface area contributed by atoms with Crippen LogP contribution in [0.3, 0.4) is 0 Å². The number of H-pyrrole nitrogens is 1. The molecule has 1 aliphatic rings. The van der Waals surface area contributed by atoms with Crippen LogP contribution in [0.2, 0.25) is 0 Å².